The first-order chi connectivity index (χ1) is 11.9. The second-order valence-corrected chi connectivity index (χ2v) is 6.37. The summed E-state index contributed by atoms with van der Waals surface area (Å²) in [5.41, 5.74) is 6.10. The summed E-state index contributed by atoms with van der Waals surface area (Å²) in [6, 6.07) is 11.3. The van der Waals surface area contributed by atoms with Crippen molar-refractivity contribution < 1.29 is 9.90 Å². The lowest BCUT2D eigenvalue weighted by molar-refractivity contribution is 0.102. The maximum atomic E-state index is 12.5. The van der Waals surface area contributed by atoms with Gasteiger partial charge in [-0.3, -0.25) is 9.89 Å². The molecule has 0 atom stereocenters. The van der Waals surface area contributed by atoms with E-state index < -0.39 is 0 Å². The van der Waals surface area contributed by atoms with Gasteiger partial charge in [0.25, 0.3) is 5.91 Å². The van der Waals surface area contributed by atoms with Crippen molar-refractivity contribution in [1.29, 1.82) is 0 Å². The molecule has 1 heterocycles. The first-order valence-electron chi connectivity index (χ1n) is 8.10. The van der Waals surface area contributed by atoms with Crippen LogP contribution < -0.4 is 5.32 Å². The molecule has 0 aliphatic carbocycles. The number of benzene rings is 2. The molecule has 3 N–H and O–H groups in total. The van der Waals surface area contributed by atoms with Crippen LogP contribution in [0.5, 0.6) is 5.75 Å². The number of aromatic hydroxyl groups is 1. The number of nitrogens with zero attached hydrogens (tertiary/aromatic N) is 1. The summed E-state index contributed by atoms with van der Waals surface area (Å²) in [5.74, 6) is -0.0844. The number of rotatable bonds is 3. The van der Waals surface area contributed by atoms with E-state index in [1.54, 1.807) is 6.07 Å². The molecule has 0 radical (unpaired) electrons. The van der Waals surface area contributed by atoms with E-state index in [1.807, 2.05) is 58.0 Å². The third-order valence-electron chi connectivity index (χ3n) is 4.26. The van der Waals surface area contributed by atoms with Crippen molar-refractivity contribution in [3.8, 4) is 17.0 Å². The largest absolute Gasteiger partial charge is 0.507 e. The summed E-state index contributed by atoms with van der Waals surface area (Å²) in [6.07, 6.45) is 0. The zero-order valence-corrected chi connectivity index (χ0v) is 14.8. The number of phenolic OH excluding ortho intramolecular Hbond substituents is 1. The van der Waals surface area contributed by atoms with Gasteiger partial charge in [-0.2, -0.15) is 5.10 Å². The fourth-order valence-electron chi connectivity index (χ4n) is 2.92. The first kappa shape index (κ1) is 16.8. The Morgan fingerprint density at radius 3 is 2.40 bits per heavy atom. The quantitative estimate of drug-likeness (QED) is 0.669. The zero-order chi connectivity index (χ0) is 18.1. The van der Waals surface area contributed by atoms with Crippen LogP contribution in [0.2, 0.25) is 0 Å². The SMILES string of the molecule is Cc1cc(C)c(O)c(-c2cc(C(=O)Nc3c(C)cccc3C)[nH]n2)c1. The molecule has 0 unspecified atom stereocenters. The molecule has 5 heteroatoms. The average molecular weight is 335 g/mol. The van der Waals surface area contributed by atoms with E-state index in [1.165, 1.54) is 0 Å². The van der Waals surface area contributed by atoms with E-state index in [-0.39, 0.29) is 11.7 Å². The summed E-state index contributed by atoms with van der Waals surface area (Å²) in [4.78, 5) is 12.5. The highest BCUT2D eigenvalue weighted by Crippen LogP contribution is 2.32. The molecule has 25 heavy (non-hydrogen) atoms. The minimum atomic E-state index is -0.264. The molecule has 128 valence electrons. The lowest BCUT2D eigenvalue weighted by Crippen LogP contribution is -2.14. The molecule has 0 spiro atoms. The Balaban J connectivity index is 1.90. The Morgan fingerprint density at radius 1 is 1.04 bits per heavy atom. The molecule has 0 bridgehead atoms. The molecule has 2 aromatic carbocycles. The Labute approximate surface area is 146 Å². The number of H-pyrrole nitrogens is 1. The van der Waals surface area contributed by atoms with Crippen LogP contribution in [0, 0.1) is 27.7 Å². The Bertz CT molecular complexity index is 937. The van der Waals surface area contributed by atoms with Crippen molar-refractivity contribution in [3.05, 3.63) is 64.3 Å². The van der Waals surface area contributed by atoms with E-state index in [0.717, 1.165) is 27.9 Å². The summed E-state index contributed by atoms with van der Waals surface area (Å²) < 4.78 is 0. The van der Waals surface area contributed by atoms with Crippen LogP contribution in [0.25, 0.3) is 11.3 Å². The lowest BCUT2D eigenvalue weighted by Gasteiger charge is -2.10. The number of carbonyl (C=O) groups excluding carboxylic acids is 1. The van der Waals surface area contributed by atoms with Gasteiger partial charge >= 0.3 is 0 Å². The van der Waals surface area contributed by atoms with Crippen LogP contribution in [0.1, 0.15) is 32.7 Å². The molecule has 1 amide bonds. The van der Waals surface area contributed by atoms with Gasteiger partial charge in [0.1, 0.15) is 11.4 Å². The van der Waals surface area contributed by atoms with Gasteiger partial charge in [0.05, 0.1) is 5.69 Å². The molecule has 0 saturated heterocycles. The van der Waals surface area contributed by atoms with E-state index in [9.17, 15) is 9.90 Å². The van der Waals surface area contributed by atoms with Gasteiger partial charge in [0.2, 0.25) is 0 Å². The summed E-state index contributed by atoms with van der Waals surface area (Å²) in [7, 11) is 0. The van der Waals surface area contributed by atoms with Crippen LogP contribution >= 0.6 is 0 Å². The molecule has 1 aromatic heterocycles. The van der Waals surface area contributed by atoms with Crippen molar-refractivity contribution >= 4 is 11.6 Å². The van der Waals surface area contributed by atoms with Crippen molar-refractivity contribution in [2.45, 2.75) is 27.7 Å². The lowest BCUT2D eigenvalue weighted by atomic mass is 10.0. The highest BCUT2D eigenvalue weighted by molar-refractivity contribution is 6.04. The third kappa shape index (κ3) is 3.26. The van der Waals surface area contributed by atoms with E-state index in [0.29, 0.717) is 17.0 Å². The zero-order valence-electron chi connectivity index (χ0n) is 14.8. The van der Waals surface area contributed by atoms with Gasteiger partial charge in [-0.25, -0.2) is 0 Å². The van der Waals surface area contributed by atoms with Gasteiger partial charge in [0.15, 0.2) is 0 Å². The predicted octanol–water partition coefficient (Wildman–Crippen LogP) is 4.27. The third-order valence-corrected chi connectivity index (χ3v) is 4.26. The maximum absolute atomic E-state index is 12.5. The van der Waals surface area contributed by atoms with Crippen molar-refractivity contribution in [2.75, 3.05) is 5.32 Å². The number of hydrogen-bond donors (Lipinski definition) is 3. The molecule has 0 fully saturated rings. The second kappa shape index (κ2) is 6.43. The standard InChI is InChI=1S/C20H21N3O2/c1-11-8-14(4)19(24)15(9-11)16-10-17(23-22-16)20(25)21-18-12(2)6-5-7-13(18)3/h5-10,24H,1-4H3,(H,21,25)(H,22,23). The fraction of sp³-hybridized carbons (Fsp3) is 0.200. The van der Waals surface area contributed by atoms with Gasteiger partial charge in [0, 0.05) is 11.3 Å². The van der Waals surface area contributed by atoms with E-state index in [4.69, 9.17) is 0 Å². The number of anilines is 1. The number of hydrogen-bond acceptors (Lipinski definition) is 3. The number of aromatic amines is 1. The highest BCUT2D eigenvalue weighted by Gasteiger charge is 2.16. The predicted molar refractivity (Wildman–Crippen MR) is 99.0 cm³/mol. The number of phenols is 1. The number of aryl methyl sites for hydroxylation is 4. The van der Waals surface area contributed by atoms with E-state index in [2.05, 4.69) is 15.5 Å². The van der Waals surface area contributed by atoms with Gasteiger partial charge in [-0.1, -0.05) is 24.3 Å². The number of carbonyl (C=O) groups is 1. The number of nitrogens with one attached hydrogen (secondary N) is 2. The number of amides is 1. The number of aromatic nitrogens is 2. The molecule has 3 aromatic rings. The topological polar surface area (TPSA) is 78.0 Å². The monoisotopic (exact) mass is 335 g/mol. The first-order valence-corrected chi connectivity index (χ1v) is 8.10. The second-order valence-electron chi connectivity index (χ2n) is 6.37. The normalized spacial score (nSPS) is 10.7. The van der Waals surface area contributed by atoms with Gasteiger partial charge < -0.3 is 10.4 Å². The molecule has 0 aliphatic rings. The van der Waals surface area contributed by atoms with Gasteiger partial charge in [-0.05, 0) is 62.1 Å². The smallest absolute Gasteiger partial charge is 0.273 e. The fourth-order valence-corrected chi connectivity index (χ4v) is 2.92. The summed E-state index contributed by atoms with van der Waals surface area (Å²) >= 11 is 0. The highest BCUT2D eigenvalue weighted by atomic mass is 16.3. The van der Waals surface area contributed by atoms with Crippen LogP contribution in [0.3, 0.4) is 0 Å². The minimum absolute atomic E-state index is 0.179. The minimum Gasteiger partial charge on any atom is -0.507 e. The Morgan fingerprint density at radius 2 is 1.72 bits per heavy atom. The van der Waals surface area contributed by atoms with Crippen LogP contribution in [0.4, 0.5) is 5.69 Å². The van der Waals surface area contributed by atoms with Crippen molar-refractivity contribution in [3.63, 3.8) is 0 Å². The van der Waals surface area contributed by atoms with Crippen molar-refractivity contribution in [1.82, 2.24) is 10.2 Å². The van der Waals surface area contributed by atoms with E-state index >= 15 is 0 Å². The Hall–Kier alpha value is -3.08. The molecule has 0 saturated carbocycles. The summed E-state index contributed by atoms with van der Waals surface area (Å²) in [5, 5.41) is 20.1. The van der Waals surface area contributed by atoms with Crippen molar-refractivity contribution in [2.24, 2.45) is 0 Å². The molecule has 5 nitrogen and oxygen atoms in total. The summed E-state index contributed by atoms with van der Waals surface area (Å²) in [6.45, 7) is 7.70. The average Bonchev–Trinajstić information content (AvgIpc) is 3.04. The molecular weight excluding hydrogens is 314 g/mol. The molecular formula is C20H21N3O2. The molecule has 3 rings (SSSR count). The van der Waals surface area contributed by atoms with Gasteiger partial charge in [-0.15, -0.1) is 0 Å². The van der Waals surface area contributed by atoms with Crippen LogP contribution in [-0.4, -0.2) is 21.2 Å². The van der Waals surface area contributed by atoms with Crippen LogP contribution in [0.15, 0.2) is 36.4 Å². The maximum Gasteiger partial charge on any atom is 0.273 e. The Kier molecular flexibility index (Phi) is 4.31. The van der Waals surface area contributed by atoms with Crippen LogP contribution in [-0.2, 0) is 0 Å². The number of para-hydroxylation sites is 1. The molecule has 0 aliphatic heterocycles.